The summed E-state index contributed by atoms with van der Waals surface area (Å²) >= 11 is 1.43. The summed E-state index contributed by atoms with van der Waals surface area (Å²) < 4.78 is 7.27. The average molecular weight is 468 g/mol. The minimum absolute atomic E-state index is 0.177. The monoisotopic (exact) mass is 467 g/mol. The van der Waals surface area contributed by atoms with Crippen molar-refractivity contribution in [2.24, 2.45) is 5.92 Å². The number of nitriles is 1. The predicted molar refractivity (Wildman–Crippen MR) is 130 cm³/mol. The molecule has 0 radical (unpaired) electrons. The summed E-state index contributed by atoms with van der Waals surface area (Å²) in [7, 11) is 0. The second kappa shape index (κ2) is 11.5. The molecule has 0 atom stereocenters. The van der Waals surface area contributed by atoms with Gasteiger partial charge in [-0.15, -0.1) is 11.8 Å². The van der Waals surface area contributed by atoms with Crippen LogP contribution in [0.15, 0.2) is 34.7 Å². The molecule has 0 fully saturated rings. The third-order valence-corrected chi connectivity index (χ3v) is 5.76. The van der Waals surface area contributed by atoms with E-state index in [1.165, 1.54) is 24.8 Å². The fourth-order valence-electron chi connectivity index (χ4n) is 3.37. The molecule has 1 aromatic heterocycles. The molecule has 1 N–H and O–H groups in total. The van der Waals surface area contributed by atoms with Crippen LogP contribution >= 0.6 is 11.8 Å². The maximum absolute atomic E-state index is 12.6. The quantitative estimate of drug-likeness (QED) is 0.187. The summed E-state index contributed by atoms with van der Waals surface area (Å²) in [6.45, 7) is 9.87. The molecule has 7 nitrogen and oxygen atoms in total. The molecule has 0 bridgehead atoms. The summed E-state index contributed by atoms with van der Waals surface area (Å²) in [6.07, 6.45) is 3.36. The van der Waals surface area contributed by atoms with E-state index in [1.54, 1.807) is 18.2 Å². The predicted octanol–water partition coefficient (Wildman–Crippen LogP) is 4.77. The topological polar surface area (TPSA) is 101 Å². The second-order valence-electron chi connectivity index (χ2n) is 8.10. The molecule has 0 saturated carbocycles. The van der Waals surface area contributed by atoms with Crippen LogP contribution < -0.4 is 5.32 Å². The van der Waals surface area contributed by atoms with Crippen LogP contribution in [0.25, 0.3) is 6.08 Å². The number of ketones is 1. The number of aryl methyl sites for hydroxylation is 1. The van der Waals surface area contributed by atoms with Crippen LogP contribution in [-0.4, -0.2) is 35.1 Å². The van der Waals surface area contributed by atoms with Gasteiger partial charge in [-0.2, -0.15) is 5.26 Å². The van der Waals surface area contributed by atoms with Gasteiger partial charge in [0.1, 0.15) is 11.6 Å². The van der Waals surface area contributed by atoms with E-state index >= 15 is 0 Å². The number of rotatable bonds is 9. The summed E-state index contributed by atoms with van der Waals surface area (Å²) in [4.78, 5) is 37.3. The summed E-state index contributed by atoms with van der Waals surface area (Å²) in [5, 5.41) is 12.2. The number of esters is 1. The minimum atomic E-state index is -0.859. The van der Waals surface area contributed by atoms with Gasteiger partial charge < -0.3 is 14.6 Å². The van der Waals surface area contributed by atoms with E-state index in [1.807, 2.05) is 32.2 Å². The first-order chi connectivity index (χ1) is 15.6. The van der Waals surface area contributed by atoms with Crippen molar-refractivity contribution in [2.75, 3.05) is 18.2 Å². The molecule has 8 heteroatoms. The zero-order valence-electron chi connectivity index (χ0n) is 19.8. The Labute approximate surface area is 198 Å². The molecule has 1 amide bonds. The summed E-state index contributed by atoms with van der Waals surface area (Å²) in [5.41, 5.74) is 3.39. The molecule has 0 unspecified atom stereocenters. The fraction of sp³-hybridized carbons (Fsp3) is 0.360. The van der Waals surface area contributed by atoms with Crippen LogP contribution in [0, 0.1) is 31.1 Å². The maximum Gasteiger partial charge on any atom is 0.349 e. The first-order valence-electron chi connectivity index (χ1n) is 10.5. The Balaban J connectivity index is 2.15. The number of nitrogens with one attached hydrogen (secondary N) is 1. The molecule has 174 valence electrons. The Hall–Kier alpha value is -3.31. The van der Waals surface area contributed by atoms with Crippen LogP contribution in [-0.2, 0) is 20.9 Å². The van der Waals surface area contributed by atoms with Crippen molar-refractivity contribution in [1.82, 2.24) is 4.57 Å². The standard InChI is InChI=1S/C25H29N3O4S/c1-15(2)13-28-16(3)9-20(17(28)4)10-21(12-26)25(31)32-14-23(30)19-7-8-24(33-6)22(11-19)27-18(5)29/h7-11,15H,13-14H2,1-6H3,(H,27,29)/b21-10+. The molecule has 1 heterocycles. The molecule has 0 spiro atoms. The Morgan fingerprint density at radius 2 is 1.94 bits per heavy atom. The Morgan fingerprint density at radius 1 is 1.24 bits per heavy atom. The first-order valence-corrected chi connectivity index (χ1v) is 11.7. The molecular weight excluding hydrogens is 438 g/mol. The van der Waals surface area contributed by atoms with Crippen LogP contribution in [0.2, 0.25) is 0 Å². The number of ether oxygens (including phenoxy) is 1. The minimum Gasteiger partial charge on any atom is -0.453 e. The van der Waals surface area contributed by atoms with E-state index in [-0.39, 0.29) is 11.5 Å². The Bertz CT molecular complexity index is 1140. The number of Topliss-reactive ketones (excluding diaryl/α,β-unsaturated/α-hetero) is 1. The van der Waals surface area contributed by atoms with Gasteiger partial charge in [0.05, 0.1) is 5.69 Å². The zero-order valence-corrected chi connectivity index (χ0v) is 20.6. The average Bonchev–Trinajstić information content (AvgIpc) is 3.01. The number of thioether (sulfide) groups is 1. The van der Waals surface area contributed by atoms with E-state index in [2.05, 4.69) is 23.7 Å². The van der Waals surface area contributed by atoms with Crippen molar-refractivity contribution in [2.45, 2.75) is 46.1 Å². The highest BCUT2D eigenvalue weighted by Crippen LogP contribution is 2.27. The van der Waals surface area contributed by atoms with Crippen molar-refractivity contribution >= 4 is 41.2 Å². The lowest BCUT2D eigenvalue weighted by atomic mass is 10.1. The van der Waals surface area contributed by atoms with Gasteiger partial charge in [-0.1, -0.05) is 19.9 Å². The van der Waals surface area contributed by atoms with Crippen molar-refractivity contribution < 1.29 is 19.1 Å². The second-order valence-corrected chi connectivity index (χ2v) is 8.94. The molecule has 0 aliphatic rings. The maximum atomic E-state index is 12.6. The highest BCUT2D eigenvalue weighted by molar-refractivity contribution is 7.98. The van der Waals surface area contributed by atoms with E-state index in [4.69, 9.17) is 4.74 Å². The zero-order chi connectivity index (χ0) is 24.7. The Kier molecular flexibility index (Phi) is 9.06. The lowest BCUT2D eigenvalue weighted by Crippen LogP contribution is -2.16. The number of carbonyl (C=O) groups is 3. The van der Waals surface area contributed by atoms with Crippen LogP contribution in [0.3, 0.4) is 0 Å². The summed E-state index contributed by atoms with van der Waals surface area (Å²) in [6, 6.07) is 8.67. The lowest BCUT2D eigenvalue weighted by molar-refractivity contribution is -0.137. The number of anilines is 1. The molecule has 2 rings (SSSR count). The van der Waals surface area contributed by atoms with Crippen molar-refractivity contribution in [3.05, 3.63) is 52.4 Å². The first kappa shape index (κ1) is 25.9. The molecule has 1 aromatic carbocycles. The van der Waals surface area contributed by atoms with Crippen LogP contribution in [0.4, 0.5) is 5.69 Å². The molecule has 0 saturated heterocycles. The number of benzene rings is 1. The number of aromatic nitrogens is 1. The van der Waals surface area contributed by atoms with E-state index in [0.29, 0.717) is 17.2 Å². The molecule has 0 aliphatic carbocycles. The molecule has 33 heavy (non-hydrogen) atoms. The van der Waals surface area contributed by atoms with Crippen LogP contribution in [0.5, 0.6) is 0 Å². The summed E-state index contributed by atoms with van der Waals surface area (Å²) in [5.74, 6) is -1.09. The van der Waals surface area contributed by atoms with Crippen molar-refractivity contribution in [3.63, 3.8) is 0 Å². The van der Waals surface area contributed by atoms with Crippen LogP contribution in [0.1, 0.15) is 48.1 Å². The van der Waals surface area contributed by atoms with Gasteiger partial charge in [-0.05, 0) is 55.9 Å². The number of carbonyl (C=O) groups excluding carboxylic acids is 3. The third kappa shape index (κ3) is 6.83. The molecular formula is C25H29N3O4S. The lowest BCUT2D eigenvalue weighted by Gasteiger charge is -2.12. The van der Waals surface area contributed by atoms with E-state index in [9.17, 15) is 19.6 Å². The number of hydrogen-bond donors (Lipinski definition) is 1. The van der Waals surface area contributed by atoms with Gasteiger partial charge in [0, 0.05) is 35.3 Å². The number of hydrogen-bond acceptors (Lipinski definition) is 6. The van der Waals surface area contributed by atoms with Gasteiger partial charge in [-0.3, -0.25) is 9.59 Å². The highest BCUT2D eigenvalue weighted by atomic mass is 32.2. The highest BCUT2D eigenvalue weighted by Gasteiger charge is 2.17. The largest absolute Gasteiger partial charge is 0.453 e. The van der Waals surface area contributed by atoms with Crippen molar-refractivity contribution in [3.8, 4) is 6.07 Å². The third-order valence-electron chi connectivity index (χ3n) is 4.97. The number of amides is 1. The van der Waals surface area contributed by atoms with Gasteiger partial charge in [0.2, 0.25) is 5.91 Å². The molecule has 0 aliphatic heterocycles. The SMILES string of the molecule is CSc1ccc(C(=O)COC(=O)/C(C#N)=C/c2cc(C)n(CC(C)C)c2C)cc1NC(C)=O. The van der Waals surface area contributed by atoms with Crippen molar-refractivity contribution in [1.29, 1.82) is 5.26 Å². The fourth-order valence-corrected chi connectivity index (χ4v) is 3.91. The van der Waals surface area contributed by atoms with Gasteiger partial charge >= 0.3 is 5.97 Å². The smallest absolute Gasteiger partial charge is 0.349 e. The van der Waals surface area contributed by atoms with E-state index in [0.717, 1.165) is 28.4 Å². The normalized spacial score (nSPS) is 11.3. The molecule has 2 aromatic rings. The van der Waals surface area contributed by atoms with Gasteiger partial charge in [0.15, 0.2) is 12.4 Å². The Morgan fingerprint density at radius 3 is 2.52 bits per heavy atom. The van der Waals surface area contributed by atoms with Gasteiger partial charge in [-0.25, -0.2) is 4.79 Å². The van der Waals surface area contributed by atoms with E-state index < -0.39 is 18.4 Å². The van der Waals surface area contributed by atoms with Gasteiger partial charge in [0.25, 0.3) is 0 Å². The number of nitrogens with zero attached hydrogens (tertiary/aromatic N) is 2.